The molecule has 0 bridgehead atoms. The molecule has 0 saturated carbocycles. The summed E-state index contributed by atoms with van der Waals surface area (Å²) in [6, 6.07) is 10.1. The summed E-state index contributed by atoms with van der Waals surface area (Å²) in [4.78, 5) is 12.6. The maximum Gasteiger partial charge on any atom is 0.246 e. The van der Waals surface area contributed by atoms with Crippen LogP contribution < -0.4 is 10.1 Å². The first kappa shape index (κ1) is 22.1. The van der Waals surface area contributed by atoms with Gasteiger partial charge < -0.3 is 10.1 Å². The molecule has 2 aromatic carbocycles. The average Bonchev–Trinajstić information content (AvgIpc) is 2.94. The SMILES string of the molecule is COc1cc(NC(=O)Cn2nc(C)c(Cl)c2C)cc(S(=O)(=O)c2ccc(Cl)cc2)c1. The largest absolute Gasteiger partial charge is 0.497 e. The molecular formula is C20H19Cl2N3O4S. The molecule has 1 heterocycles. The summed E-state index contributed by atoms with van der Waals surface area (Å²) in [6.45, 7) is 3.44. The van der Waals surface area contributed by atoms with Gasteiger partial charge in [0.2, 0.25) is 15.7 Å². The van der Waals surface area contributed by atoms with Gasteiger partial charge in [-0.3, -0.25) is 9.48 Å². The Morgan fingerprint density at radius 1 is 1.10 bits per heavy atom. The molecule has 1 amide bonds. The van der Waals surface area contributed by atoms with Crippen LogP contribution in [-0.4, -0.2) is 31.2 Å². The Kier molecular flexibility index (Phi) is 6.40. The van der Waals surface area contributed by atoms with E-state index in [1.807, 2.05) is 0 Å². The highest BCUT2D eigenvalue weighted by Gasteiger charge is 2.20. The van der Waals surface area contributed by atoms with Gasteiger partial charge in [0.25, 0.3) is 0 Å². The highest BCUT2D eigenvalue weighted by Crippen LogP contribution is 2.29. The smallest absolute Gasteiger partial charge is 0.246 e. The van der Waals surface area contributed by atoms with Gasteiger partial charge in [-0.05, 0) is 50.2 Å². The number of anilines is 1. The van der Waals surface area contributed by atoms with Gasteiger partial charge in [-0.1, -0.05) is 23.2 Å². The predicted molar refractivity (Wildman–Crippen MR) is 115 cm³/mol. The number of amides is 1. The van der Waals surface area contributed by atoms with E-state index in [-0.39, 0.29) is 33.7 Å². The van der Waals surface area contributed by atoms with Gasteiger partial charge in [0.15, 0.2) is 0 Å². The van der Waals surface area contributed by atoms with Gasteiger partial charge in [-0.2, -0.15) is 5.10 Å². The lowest BCUT2D eigenvalue weighted by molar-refractivity contribution is -0.116. The van der Waals surface area contributed by atoms with Crippen molar-refractivity contribution in [1.29, 1.82) is 0 Å². The Morgan fingerprint density at radius 3 is 2.33 bits per heavy atom. The Labute approximate surface area is 184 Å². The van der Waals surface area contributed by atoms with E-state index < -0.39 is 9.84 Å². The third-order valence-electron chi connectivity index (χ3n) is 4.42. The molecule has 7 nitrogen and oxygen atoms in total. The number of benzene rings is 2. The topological polar surface area (TPSA) is 90.3 Å². The minimum atomic E-state index is -3.84. The van der Waals surface area contributed by atoms with Crippen LogP contribution in [0.5, 0.6) is 5.75 Å². The average molecular weight is 468 g/mol. The maximum atomic E-state index is 13.0. The number of carbonyl (C=O) groups excluding carboxylic acids is 1. The summed E-state index contributed by atoms with van der Waals surface area (Å²) in [6.07, 6.45) is 0. The van der Waals surface area contributed by atoms with Crippen molar-refractivity contribution < 1.29 is 17.9 Å². The van der Waals surface area contributed by atoms with Gasteiger partial charge in [0.1, 0.15) is 12.3 Å². The zero-order valence-corrected chi connectivity index (χ0v) is 18.8. The summed E-state index contributed by atoms with van der Waals surface area (Å²) in [5.41, 5.74) is 1.57. The first-order valence-electron chi connectivity index (χ1n) is 8.81. The predicted octanol–water partition coefficient (Wildman–Crippen LogP) is 4.29. The molecule has 3 aromatic rings. The fraction of sp³-hybridized carbons (Fsp3) is 0.200. The molecule has 158 valence electrons. The van der Waals surface area contributed by atoms with E-state index in [0.717, 1.165) is 0 Å². The van der Waals surface area contributed by atoms with E-state index >= 15 is 0 Å². The second-order valence-electron chi connectivity index (χ2n) is 6.55. The number of rotatable bonds is 6. The summed E-state index contributed by atoms with van der Waals surface area (Å²) in [5.74, 6) is -0.102. The van der Waals surface area contributed by atoms with Crippen molar-refractivity contribution in [2.45, 2.75) is 30.2 Å². The van der Waals surface area contributed by atoms with Crippen LogP contribution in [0, 0.1) is 13.8 Å². The molecule has 10 heteroatoms. The second kappa shape index (κ2) is 8.67. The van der Waals surface area contributed by atoms with Gasteiger partial charge in [0.05, 0.1) is 33.3 Å². The van der Waals surface area contributed by atoms with Crippen LogP contribution in [0.3, 0.4) is 0 Å². The molecule has 0 radical (unpaired) electrons. The van der Waals surface area contributed by atoms with E-state index in [1.54, 1.807) is 13.8 Å². The fourth-order valence-corrected chi connectivity index (χ4v) is 4.41. The van der Waals surface area contributed by atoms with Crippen molar-refractivity contribution >= 4 is 44.6 Å². The third kappa shape index (κ3) is 4.61. The standard InChI is InChI=1S/C20H19Cl2N3O4S/c1-12-20(22)13(2)25(24-12)11-19(26)23-15-8-16(29-3)10-18(9-15)30(27,28)17-6-4-14(21)5-7-17/h4-10H,11H2,1-3H3,(H,23,26). The van der Waals surface area contributed by atoms with Crippen molar-refractivity contribution in [3.8, 4) is 5.75 Å². The summed E-state index contributed by atoms with van der Waals surface area (Å²) < 4.78 is 32.7. The fourth-order valence-electron chi connectivity index (χ4n) is 2.83. The van der Waals surface area contributed by atoms with Crippen LogP contribution in [0.15, 0.2) is 52.3 Å². The van der Waals surface area contributed by atoms with Crippen LogP contribution in [-0.2, 0) is 21.2 Å². The van der Waals surface area contributed by atoms with Gasteiger partial charge in [-0.25, -0.2) is 8.42 Å². The minimum absolute atomic E-state index is 0.0198. The monoisotopic (exact) mass is 467 g/mol. The summed E-state index contributed by atoms with van der Waals surface area (Å²) >= 11 is 12.0. The van der Waals surface area contributed by atoms with Gasteiger partial charge in [-0.15, -0.1) is 0 Å². The number of hydrogen-bond donors (Lipinski definition) is 1. The Hall–Kier alpha value is -2.55. The van der Waals surface area contributed by atoms with Crippen LogP contribution in [0.1, 0.15) is 11.4 Å². The highest BCUT2D eigenvalue weighted by atomic mass is 35.5. The molecule has 0 aliphatic heterocycles. The molecular weight excluding hydrogens is 449 g/mol. The maximum absolute atomic E-state index is 13.0. The normalized spacial score (nSPS) is 11.4. The van der Waals surface area contributed by atoms with Crippen LogP contribution in [0.2, 0.25) is 10.0 Å². The molecule has 30 heavy (non-hydrogen) atoms. The number of ether oxygens (including phenoxy) is 1. The molecule has 0 aliphatic carbocycles. The number of halogens is 2. The van der Waals surface area contributed by atoms with Crippen molar-refractivity contribution in [2.75, 3.05) is 12.4 Å². The van der Waals surface area contributed by atoms with E-state index in [9.17, 15) is 13.2 Å². The van der Waals surface area contributed by atoms with Gasteiger partial charge >= 0.3 is 0 Å². The number of aromatic nitrogens is 2. The van der Waals surface area contributed by atoms with Gasteiger partial charge in [0, 0.05) is 16.8 Å². The number of nitrogens with zero attached hydrogens (tertiary/aromatic N) is 2. The van der Waals surface area contributed by atoms with E-state index in [1.165, 1.54) is 54.3 Å². The molecule has 0 fully saturated rings. The zero-order chi connectivity index (χ0) is 22.1. The highest BCUT2D eigenvalue weighted by molar-refractivity contribution is 7.91. The second-order valence-corrected chi connectivity index (χ2v) is 9.31. The first-order valence-corrected chi connectivity index (χ1v) is 11.0. The first-order chi connectivity index (χ1) is 14.1. The Bertz CT molecular complexity index is 1210. The molecule has 0 unspecified atom stereocenters. The Balaban J connectivity index is 1.89. The number of carbonyl (C=O) groups is 1. The quantitative estimate of drug-likeness (QED) is 0.583. The summed E-state index contributed by atoms with van der Waals surface area (Å²) in [7, 11) is -2.43. The lowest BCUT2D eigenvalue weighted by Crippen LogP contribution is -2.20. The lowest BCUT2D eigenvalue weighted by atomic mass is 10.3. The number of sulfone groups is 1. The molecule has 0 saturated heterocycles. The van der Waals surface area contributed by atoms with Crippen molar-refractivity contribution in [1.82, 2.24) is 9.78 Å². The van der Waals surface area contributed by atoms with E-state index in [4.69, 9.17) is 27.9 Å². The Morgan fingerprint density at radius 2 is 1.77 bits per heavy atom. The molecule has 0 atom stereocenters. The van der Waals surface area contributed by atoms with Crippen LogP contribution in [0.4, 0.5) is 5.69 Å². The molecule has 1 aromatic heterocycles. The van der Waals surface area contributed by atoms with Crippen molar-refractivity contribution in [3.05, 3.63) is 63.9 Å². The number of hydrogen-bond acceptors (Lipinski definition) is 5. The van der Waals surface area contributed by atoms with Crippen molar-refractivity contribution in [3.63, 3.8) is 0 Å². The summed E-state index contributed by atoms with van der Waals surface area (Å²) in [5, 5.41) is 7.83. The molecule has 1 N–H and O–H groups in total. The van der Waals surface area contributed by atoms with Crippen LogP contribution >= 0.6 is 23.2 Å². The van der Waals surface area contributed by atoms with Crippen molar-refractivity contribution in [2.24, 2.45) is 0 Å². The lowest BCUT2D eigenvalue weighted by Gasteiger charge is -2.12. The minimum Gasteiger partial charge on any atom is -0.497 e. The molecule has 0 spiro atoms. The third-order valence-corrected chi connectivity index (χ3v) is 6.97. The number of nitrogens with one attached hydrogen (secondary N) is 1. The van der Waals surface area contributed by atoms with E-state index in [0.29, 0.717) is 21.4 Å². The number of methoxy groups -OCH3 is 1. The number of aryl methyl sites for hydroxylation is 1. The molecule has 0 aliphatic rings. The van der Waals surface area contributed by atoms with E-state index in [2.05, 4.69) is 10.4 Å². The van der Waals surface area contributed by atoms with Crippen LogP contribution in [0.25, 0.3) is 0 Å². The molecule has 3 rings (SSSR count). The zero-order valence-electron chi connectivity index (χ0n) is 16.4.